The molecule has 126 valence electrons. The molecule has 0 aliphatic heterocycles. The van der Waals surface area contributed by atoms with E-state index in [0.717, 1.165) is 18.4 Å². The van der Waals surface area contributed by atoms with E-state index in [-0.39, 0.29) is 18.2 Å². The Kier molecular flexibility index (Phi) is 7.68. The number of sulfonamides is 1. The van der Waals surface area contributed by atoms with Crippen LogP contribution in [-0.2, 0) is 16.6 Å². The van der Waals surface area contributed by atoms with E-state index in [2.05, 4.69) is 11.6 Å². The molecule has 0 aromatic heterocycles. The molecule has 0 saturated carbocycles. The van der Waals surface area contributed by atoms with E-state index in [9.17, 15) is 8.42 Å². The predicted molar refractivity (Wildman–Crippen MR) is 88.9 cm³/mol. The zero-order valence-corrected chi connectivity index (χ0v) is 14.7. The molecule has 0 bridgehead atoms. The largest absolute Gasteiger partial charge is 0.493 e. The van der Waals surface area contributed by atoms with Crippen LogP contribution in [0.5, 0.6) is 11.5 Å². The molecule has 1 rings (SSSR count). The lowest BCUT2D eigenvalue weighted by atomic mass is 10.1. The number of ether oxygens (including phenoxy) is 2. The first-order chi connectivity index (χ1) is 10.4. The Bertz CT molecular complexity index is 557. The van der Waals surface area contributed by atoms with Crippen LogP contribution in [0, 0.1) is 5.92 Å². The molecule has 0 radical (unpaired) electrons. The van der Waals surface area contributed by atoms with Crippen LogP contribution >= 0.6 is 0 Å². The molecule has 1 aromatic rings. The van der Waals surface area contributed by atoms with Gasteiger partial charge >= 0.3 is 0 Å². The highest BCUT2D eigenvalue weighted by molar-refractivity contribution is 7.89. The van der Waals surface area contributed by atoms with E-state index in [0.29, 0.717) is 18.1 Å². The molecule has 1 N–H and O–H groups in total. The second kappa shape index (κ2) is 9.00. The summed E-state index contributed by atoms with van der Waals surface area (Å²) in [4.78, 5) is 0. The van der Waals surface area contributed by atoms with Crippen molar-refractivity contribution in [2.45, 2.75) is 40.2 Å². The Morgan fingerprint density at radius 1 is 1.23 bits per heavy atom. The first-order valence-corrected chi connectivity index (χ1v) is 9.34. The van der Waals surface area contributed by atoms with Gasteiger partial charge < -0.3 is 9.47 Å². The average molecular weight is 329 g/mol. The van der Waals surface area contributed by atoms with Crippen molar-refractivity contribution in [3.63, 3.8) is 0 Å². The number of methoxy groups -OCH3 is 1. The van der Waals surface area contributed by atoms with Crippen LogP contribution in [0.2, 0.25) is 0 Å². The third-order valence-electron chi connectivity index (χ3n) is 3.31. The van der Waals surface area contributed by atoms with E-state index in [1.807, 2.05) is 19.9 Å². The molecule has 0 aliphatic carbocycles. The third kappa shape index (κ3) is 6.23. The summed E-state index contributed by atoms with van der Waals surface area (Å²) >= 11 is 0. The van der Waals surface area contributed by atoms with Crippen LogP contribution in [0.25, 0.3) is 0 Å². The maximum absolute atomic E-state index is 12.0. The lowest BCUT2D eigenvalue weighted by Gasteiger charge is -2.13. The second-order valence-corrected chi connectivity index (χ2v) is 7.27. The van der Waals surface area contributed by atoms with E-state index >= 15 is 0 Å². The first-order valence-electron chi connectivity index (χ1n) is 7.68. The van der Waals surface area contributed by atoms with Gasteiger partial charge in [0.2, 0.25) is 10.0 Å². The summed E-state index contributed by atoms with van der Waals surface area (Å²) in [5.74, 6) is 1.60. The lowest BCUT2D eigenvalue weighted by molar-refractivity contribution is 0.310. The maximum atomic E-state index is 12.0. The summed E-state index contributed by atoms with van der Waals surface area (Å²) in [5.41, 5.74) is 0.840. The van der Waals surface area contributed by atoms with Gasteiger partial charge in [-0.15, -0.1) is 0 Å². The number of hydrogen-bond donors (Lipinski definition) is 1. The molecule has 0 spiro atoms. The van der Waals surface area contributed by atoms with Crippen LogP contribution in [0.15, 0.2) is 18.2 Å². The van der Waals surface area contributed by atoms with E-state index in [4.69, 9.17) is 9.47 Å². The Balaban J connectivity index is 2.67. The minimum atomic E-state index is -3.26. The summed E-state index contributed by atoms with van der Waals surface area (Å²) in [6, 6.07) is 5.43. The molecule has 1 atom stereocenters. The Morgan fingerprint density at radius 3 is 2.55 bits per heavy atom. The van der Waals surface area contributed by atoms with E-state index < -0.39 is 10.0 Å². The summed E-state index contributed by atoms with van der Waals surface area (Å²) in [7, 11) is -1.70. The molecule has 1 unspecified atom stereocenters. The molecule has 0 saturated heterocycles. The molecule has 0 aliphatic rings. The van der Waals surface area contributed by atoms with Gasteiger partial charge in [0.05, 0.1) is 19.5 Å². The third-order valence-corrected chi connectivity index (χ3v) is 4.90. The highest BCUT2D eigenvalue weighted by Gasteiger charge is 2.15. The highest BCUT2D eigenvalue weighted by Crippen LogP contribution is 2.28. The monoisotopic (exact) mass is 329 g/mol. The Labute approximate surface area is 134 Å². The summed E-state index contributed by atoms with van der Waals surface area (Å²) < 4.78 is 37.4. The molecule has 22 heavy (non-hydrogen) atoms. The smallest absolute Gasteiger partial charge is 0.212 e. The lowest BCUT2D eigenvalue weighted by Crippen LogP contribution is -2.28. The zero-order chi connectivity index (χ0) is 16.6. The van der Waals surface area contributed by atoms with Crippen molar-refractivity contribution in [2.75, 3.05) is 19.5 Å². The zero-order valence-electron chi connectivity index (χ0n) is 13.9. The van der Waals surface area contributed by atoms with E-state index in [1.54, 1.807) is 19.2 Å². The fraction of sp³-hybridized carbons (Fsp3) is 0.625. The number of nitrogens with one attached hydrogen (secondary N) is 1. The molecular formula is C16H27NO4S. The van der Waals surface area contributed by atoms with Gasteiger partial charge in [0.1, 0.15) is 0 Å². The van der Waals surface area contributed by atoms with Gasteiger partial charge in [0, 0.05) is 6.54 Å². The first kappa shape index (κ1) is 18.8. The van der Waals surface area contributed by atoms with Crippen molar-refractivity contribution in [1.82, 2.24) is 4.72 Å². The van der Waals surface area contributed by atoms with Crippen LogP contribution in [0.1, 0.15) is 39.2 Å². The molecule has 5 nitrogen and oxygen atoms in total. The van der Waals surface area contributed by atoms with Crippen molar-refractivity contribution in [3.8, 4) is 11.5 Å². The normalized spacial score (nSPS) is 12.9. The van der Waals surface area contributed by atoms with Gasteiger partial charge in [-0.05, 0) is 37.0 Å². The van der Waals surface area contributed by atoms with Crippen LogP contribution in [0.3, 0.4) is 0 Å². The van der Waals surface area contributed by atoms with Crippen molar-refractivity contribution in [2.24, 2.45) is 5.92 Å². The van der Waals surface area contributed by atoms with Crippen LogP contribution in [-0.4, -0.2) is 27.9 Å². The molecule has 1 aromatic carbocycles. The van der Waals surface area contributed by atoms with Crippen molar-refractivity contribution in [1.29, 1.82) is 0 Å². The summed E-state index contributed by atoms with van der Waals surface area (Å²) in [6.45, 7) is 6.73. The molecule has 0 heterocycles. The Morgan fingerprint density at radius 2 is 1.95 bits per heavy atom. The van der Waals surface area contributed by atoms with Gasteiger partial charge in [0.15, 0.2) is 11.5 Å². The standard InChI is InChI=1S/C16H27NO4S/c1-5-7-13(3)12-22(18,19)17-11-14-8-9-15(21-6-2)16(10-14)20-4/h8-10,13,17H,5-7,11-12H2,1-4H3. The summed E-state index contributed by atoms with van der Waals surface area (Å²) in [5, 5.41) is 0. The van der Waals surface area contributed by atoms with Crippen LogP contribution in [0.4, 0.5) is 0 Å². The van der Waals surface area contributed by atoms with Gasteiger partial charge in [-0.2, -0.15) is 0 Å². The second-order valence-electron chi connectivity index (χ2n) is 5.41. The fourth-order valence-electron chi connectivity index (χ4n) is 2.30. The quantitative estimate of drug-likeness (QED) is 0.717. The predicted octanol–water partition coefficient (Wildman–Crippen LogP) is 2.95. The van der Waals surface area contributed by atoms with E-state index in [1.165, 1.54) is 0 Å². The molecule has 0 amide bonds. The molecule has 0 fully saturated rings. The Hall–Kier alpha value is -1.27. The van der Waals surface area contributed by atoms with Gasteiger partial charge in [-0.1, -0.05) is 26.3 Å². The van der Waals surface area contributed by atoms with Crippen LogP contribution < -0.4 is 14.2 Å². The minimum absolute atomic E-state index is 0.162. The highest BCUT2D eigenvalue weighted by atomic mass is 32.2. The van der Waals surface area contributed by atoms with Gasteiger partial charge in [0.25, 0.3) is 0 Å². The number of rotatable bonds is 10. The maximum Gasteiger partial charge on any atom is 0.212 e. The summed E-state index contributed by atoms with van der Waals surface area (Å²) in [6.07, 6.45) is 1.91. The van der Waals surface area contributed by atoms with Crippen molar-refractivity contribution < 1.29 is 17.9 Å². The van der Waals surface area contributed by atoms with Gasteiger partial charge in [-0.25, -0.2) is 13.1 Å². The molecular weight excluding hydrogens is 302 g/mol. The number of hydrogen-bond acceptors (Lipinski definition) is 4. The minimum Gasteiger partial charge on any atom is -0.493 e. The topological polar surface area (TPSA) is 64.6 Å². The SMILES string of the molecule is CCCC(C)CS(=O)(=O)NCc1ccc(OCC)c(OC)c1. The molecule has 6 heteroatoms. The fourth-order valence-corrected chi connectivity index (χ4v) is 3.72. The average Bonchev–Trinajstić information content (AvgIpc) is 2.46. The van der Waals surface area contributed by atoms with Gasteiger partial charge in [-0.3, -0.25) is 0 Å². The van der Waals surface area contributed by atoms with Crippen molar-refractivity contribution in [3.05, 3.63) is 23.8 Å². The van der Waals surface area contributed by atoms with Crippen molar-refractivity contribution >= 4 is 10.0 Å². The number of benzene rings is 1.